The molecule has 0 aliphatic carbocycles. The number of rotatable bonds is 3. The Hall–Kier alpha value is -0.540. The zero-order chi connectivity index (χ0) is 11.4. The maximum absolute atomic E-state index is 9.41. The van der Waals surface area contributed by atoms with Crippen LogP contribution in [0.2, 0.25) is 0 Å². The van der Waals surface area contributed by atoms with Crippen LogP contribution >= 0.6 is 15.9 Å². The molecule has 1 aliphatic heterocycles. The predicted octanol–water partition coefficient (Wildman–Crippen LogP) is 3.00. The molecule has 0 bridgehead atoms. The second-order valence-corrected chi connectivity index (χ2v) is 5.22. The molecule has 0 amide bonds. The fraction of sp³-hybridized carbons (Fsp3) is 0.538. The first-order chi connectivity index (χ1) is 7.78. The molecule has 1 fully saturated rings. The molecule has 0 radical (unpaired) electrons. The van der Waals surface area contributed by atoms with Crippen molar-refractivity contribution in [3.63, 3.8) is 0 Å². The second-order valence-electron chi connectivity index (χ2n) is 4.57. The van der Waals surface area contributed by atoms with Gasteiger partial charge >= 0.3 is 0 Å². The van der Waals surface area contributed by atoms with Gasteiger partial charge in [0.05, 0.1) is 0 Å². The van der Waals surface area contributed by atoms with E-state index < -0.39 is 0 Å². The van der Waals surface area contributed by atoms with E-state index in [1.807, 2.05) is 12.1 Å². The van der Waals surface area contributed by atoms with Gasteiger partial charge in [-0.2, -0.15) is 0 Å². The molecular formula is C13H18BrNO. The Bertz CT molecular complexity index is 342. The summed E-state index contributed by atoms with van der Waals surface area (Å²) in [6.45, 7) is 3.30. The fourth-order valence-corrected chi connectivity index (χ4v) is 2.86. The lowest BCUT2D eigenvalue weighted by Crippen LogP contribution is -2.35. The highest BCUT2D eigenvalue weighted by atomic mass is 79.9. The van der Waals surface area contributed by atoms with Gasteiger partial charge in [-0.1, -0.05) is 28.1 Å². The van der Waals surface area contributed by atoms with Crippen molar-refractivity contribution in [3.8, 4) is 5.75 Å². The monoisotopic (exact) mass is 283 g/mol. The van der Waals surface area contributed by atoms with Gasteiger partial charge in [0, 0.05) is 18.4 Å². The molecule has 3 heteroatoms. The van der Waals surface area contributed by atoms with Gasteiger partial charge < -0.3 is 5.11 Å². The van der Waals surface area contributed by atoms with Crippen molar-refractivity contribution in [1.82, 2.24) is 4.90 Å². The van der Waals surface area contributed by atoms with Crippen LogP contribution in [0.1, 0.15) is 18.4 Å². The van der Waals surface area contributed by atoms with Crippen molar-refractivity contribution in [2.75, 3.05) is 18.4 Å². The van der Waals surface area contributed by atoms with E-state index in [9.17, 15) is 5.11 Å². The average molecular weight is 284 g/mol. The summed E-state index contributed by atoms with van der Waals surface area (Å²) < 4.78 is 0. The predicted molar refractivity (Wildman–Crippen MR) is 69.9 cm³/mol. The number of phenolic OH excluding ortho intramolecular Hbond substituents is 1. The molecule has 1 aromatic rings. The number of benzene rings is 1. The third kappa shape index (κ3) is 3.22. The van der Waals surface area contributed by atoms with Gasteiger partial charge in [0.1, 0.15) is 5.75 Å². The molecule has 2 nitrogen and oxygen atoms in total. The minimum Gasteiger partial charge on any atom is -0.508 e. The molecular weight excluding hydrogens is 266 g/mol. The Balaban J connectivity index is 1.94. The maximum Gasteiger partial charge on any atom is 0.115 e. The summed E-state index contributed by atoms with van der Waals surface area (Å²) in [4.78, 5) is 2.48. The zero-order valence-corrected chi connectivity index (χ0v) is 11.0. The molecule has 2 rings (SSSR count). The van der Waals surface area contributed by atoms with Crippen LogP contribution < -0.4 is 0 Å². The van der Waals surface area contributed by atoms with E-state index >= 15 is 0 Å². The third-order valence-electron chi connectivity index (χ3n) is 3.14. The van der Waals surface area contributed by atoms with E-state index in [0.29, 0.717) is 5.75 Å². The Morgan fingerprint density at radius 3 is 3.06 bits per heavy atom. The Labute approximate surface area is 105 Å². The van der Waals surface area contributed by atoms with Crippen LogP contribution in [0, 0.1) is 5.92 Å². The summed E-state index contributed by atoms with van der Waals surface area (Å²) >= 11 is 3.57. The number of nitrogens with zero attached hydrogens (tertiary/aromatic N) is 1. The van der Waals surface area contributed by atoms with E-state index in [0.717, 1.165) is 17.8 Å². The molecule has 1 heterocycles. The van der Waals surface area contributed by atoms with Gasteiger partial charge in [-0.25, -0.2) is 0 Å². The highest BCUT2D eigenvalue weighted by Gasteiger charge is 2.18. The van der Waals surface area contributed by atoms with Gasteiger partial charge in [0.25, 0.3) is 0 Å². The van der Waals surface area contributed by atoms with E-state index in [-0.39, 0.29) is 0 Å². The van der Waals surface area contributed by atoms with E-state index in [4.69, 9.17) is 0 Å². The van der Waals surface area contributed by atoms with Crippen LogP contribution in [-0.2, 0) is 6.54 Å². The Morgan fingerprint density at radius 1 is 1.44 bits per heavy atom. The van der Waals surface area contributed by atoms with Crippen LogP contribution in [-0.4, -0.2) is 28.4 Å². The first kappa shape index (κ1) is 11.9. The summed E-state index contributed by atoms with van der Waals surface area (Å²) in [5.41, 5.74) is 1.20. The van der Waals surface area contributed by atoms with E-state index in [1.165, 1.54) is 31.5 Å². The van der Waals surface area contributed by atoms with Crippen LogP contribution in [0.25, 0.3) is 0 Å². The molecule has 1 atom stereocenters. The first-order valence-corrected chi connectivity index (χ1v) is 6.96. The van der Waals surface area contributed by atoms with Crippen LogP contribution in [0.15, 0.2) is 24.3 Å². The number of likely N-dealkylation sites (tertiary alicyclic amines) is 1. The normalized spacial score (nSPS) is 22.2. The molecule has 88 valence electrons. The summed E-state index contributed by atoms with van der Waals surface area (Å²) in [6, 6.07) is 7.58. The Morgan fingerprint density at radius 2 is 2.31 bits per heavy atom. The number of alkyl halides is 1. The number of hydrogen-bond acceptors (Lipinski definition) is 2. The maximum atomic E-state index is 9.41. The van der Waals surface area contributed by atoms with Crippen LogP contribution in [0.5, 0.6) is 5.75 Å². The number of hydrogen-bond donors (Lipinski definition) is 1. The zero-order valence-electron chi connectivity index (χ0n) is 9.40. The van der Waals surface area contributed by atoms with Crippen molar-refractivity contribution in [2.45, 2.75) is 19.4 Å². The molecule has 0 spiro atoms. The van der Waals surface area contributed by atoms with Crippen molar-refractivity contribution in [1.29, 1.82) is 0 Å². The standard InChI is InChI=1S/C13H18BrNO/c14-8-12-4-2-6-15(10-12)9-11-3-1-5-13(16)7-11/h1,3,5,7,12,16H,2,4,6,8-10H2. The highest BCUT2D eigenvalue weighted by molar-refractivity contribution is 9.09. The van der Waals surface area contributed by atoms with Crippen molar-refractivity contribution < 1.29 is 5.11 Å². The largest absolute Gasteiger partial charge is 0.508 e. The lowest BCUT2D eigenvalue weighted by molar-refractivity contribution is 0.179. The van der Waals surface area contributed by atoms with Gasteiger partial charge in [-0.3, -0.25) is 4.90 Å². The topological polar surface area (TPSA) is 23.5 Å². The summed E-state index contributed by atoms with van der Waals surface area (Å²) in [7, 11) is 0. The third-order valence-corrected chi connectivity index (χ3v) is 4.05. The molecule has 1 unspecified atom stereocenters. The minimum absolute atomic E-state index is 0.367. The average Bonchev–Trinajstić information content (AvgIpc) is 2.29. The second kappa shape index (κ2) is 5.69. The quantitative estimate of drug-likeness (QED) is 0.862. The highest BCUT2D eigenvalue weighted by Crippen LogP contribution is 2.21. The number of halogens is 1. The fourth-order valence-electron chi connectivity index (χ4n) is 2.33. The van der Waals surface area contributed by atoms with E-state index in [2.05, 4.69) is 26.9 Å². The molecule has 1 aliphatic rings. The summed E-state index contributed by atoms with van der Waals surface area (Å²) in [5.74, 6) is 1.15. The van der Waals surface area contributed by atoms with Crippen LogP contribution in [0.3, 0.4) is 0 Å². The van der Waals surface area contributed by atoms with Crippen molar-refractivity contribution >= 4 is 15.9 Å². The molecule has 1 saturated heterocycles. The Kier molecular flexibility index (Phi) is 4.24. The molecule has 1 aromatic carbocycles. The minimum atomic E-state index is 0.367. The summed E-state index contributed by atoms with van der Waals surface area (Å²) in [5, 5.41) is 10.5. The van der Waals surface area contributed by atoms with Crippen molar-refractivity contribution in [2.24, 2.45) is 5.92 Å². The molecule has 16 heavy (non-hydrogen) atoms. The molecule has 0 saturated carbocycles. The first-order valence-electron chi connectivity index (χ1n) is 5.84. The van der Waals surface area contributed by atoms with Gasteiger partial charge in [-0.15, -0.1) is 0 Å². The van der Waals surface area contributed by atoms with Crippen LogP contribution in [0.4, 0.5) is 0 Å². The SMILES string of the molecule is Oc1cccc(CN2CCCC(CBr)C2)c1. The smallest absolute Gasteiger partial charge is 0.115 e. The van der Waals surface area contributed by atoms with Gasteiger partial charge in [0.2, 0.25) is 0 Å². The summed E-state index contributed by atoms with van der Waals surface area (Å²) in [6.07, 6.45) is 2.62. The lowest BCUT2D eigenvalue weighted by Gasteiger charge is -2.31. The van der Waals surface area contributed by atoms with Crippen molar-refractivity contribution in [3.05, 3.63) is 29.8 Å². The molecule has 0 aromatic heterocycles. The number of phenols is 1. The molecule has 1 N–H and O–H groups in total. The lowest BCUT2D eigenvalue weighted by atomic mass is 10.00. The van der Waals surface area contributed by atoms with Gasteiger partial charge in [-0.05, 0) is 43.0 Å². The van der Waals surface area contributed by atoms with E-state index in [1.54, 1.807) is 6.07 Å². The number of aromatic hydroxyl groups is 1. The number of piperidine rings is 1. The van der Waals surface area contributed by atoms with Gasteiger partial charge in [0.15, 0.2) is 0 Å².